The number of hydrogen-bond acceptors (Lipinski definition) is 2. The quantitative estimate of drug-likeness (QED) is 0.337. The van der Waals surface area contributed by atoms with Crippen molar-refractivity contribution in [2.24, 2.45) is 4.99 Å². The Morgan fingerprint density at radius 1 is 0.567 bits per heavy atom. The molecule has 2 heteroatoms. The fraction of sp³-hybridized carbons (Fsp3) is 0.0357. The predicted molar refractivity (Wildman–Crippen MR) is 128 cm³/mol. The van der Waals surface area contributed by atoms with Gasteiger partial charge in [0.05, 0.1) is 6.54 Å². The van der Waals surface area contributed by atoms with E-state index < -0.39 is 0 Å². The standard InChI is InChI=1S/C28H20N2/c1-2-11-20-19(9-1)10-7-16-21(20)26-22-12-3-5-14-24(22)27(28-29-17-8-18-30-28)25-15-6-4-13-23(25)26/h1-17H,18H2,(H,29,30). The highest BCUT2D eigenvalue weighted by Gasteiger charge is 2.19. The molecule has 1 aliphatic rings. The number of amidine groups is 1. The molecule has 0 aromatic heterocycles. The van der Waals surface area contributed by atoms with Crippen molar-refractivity contribution < 1.29 is 0 Å². The van der Waals surface area contributed by atoms with Crippen molar-refractivity contribution in [1.29, 1.82) is 0 Å². The highest BCUT2D eigenvalue weighted by atomic mass is 15.0. The number of benzene rings is 5. The van der Waals surface area contributed by atoms with Gasteiger partial charge in [0.2, 0.25) is 0 Å². The number of aliphatic imine (C=N–C) groups is 1. The lowest BCUT2D eigenvalue weighted by atomic mass is 9.86. The van der Waals surface area contributed by atoms with Crippen LogP contribution in [0.4, 0.5) is 0 Å². The van der Waals surface area contributed by atoms with Gasteiger partial charge >= 0.3 is 0 Å². The zero-order chi connectivity index (χ0) is 19.9. The zero-order valence-corrected chi connectivity index (χ0v) is 16.5. The third-order valence-corrected chi connectivity index (χ3v) is 5.92. The Balaban J connectivity index is 1.81. The summed E-state index contributed by atoms with van der Waals surface area (Å²) in [6.45, 7) is 0.704. The van der Waals surface area contributed by atoms with Crippen molar-refractivity contribution in [3.05, 3.63) is 109 Å². The molecule has 0 atom stereocenters. The van der Waals surface area contributed by atoms with Crippen LogP contribution in [-0.2, 0) is 0 Å². The van der Waals surface area contributed by atoms with Gasteiger partial charge < -0.3 is 5.32 Å². The molecule has 0 amide bonds. The summed E-state index contributed by atoms with van der Waals surface area (Å²) in [5.74, 6) is 0.939. The number of rotatable bonds is 2. The van der Waals surface area contributed by atoms with Crippen molar-refractivity contribution >= 4 is 38.2 Å². The van der Waals surface area contributed by atoms with Gasteiger partial charge in [-0.1, -0.05) is 91.0 Å². The molecule has 1 aliphatic heterocycles. The molecule has 0 saturated heterocycles. The molecular formula is C28H20N2. The lowest BCUT2D eigenvalue weighted by Crippen LogP contribution is -2.22. The van der Waals surface area contributed by atoms with Gasteiger partial charge in [0.15, 0.2) is 0 Å². The van der Waals surface area contributed by atoms with Crippen LogP contribution < -0.4 is 5.32 Å². The van der Waals surface area contributed by atoms with Gasteiger partial charge in [0, 0.05) is 11.8 Å². The summed E-state index contributed by atoms with van der Waals surface area (Å²) >= 11 is 0. The number of nitrogens with zero attached hydrogens (tertiary/aromatic N) is 1. The summed E-state index contributed by atoms with van der Waals surface area (Å²) in [4.78, 5) is 4.77. The highest BCUT2D eigenvalue weighted by molar-refractivity contribution is 6.26. The Bertz CT molecular complexity index is 1430. The summed E-state index contributed by atoms with van der Waals surface area (Å²) in [5, 5.41) is 10.9. The average molecular weight is 384 g/mol. The van der Waals surface area contributed by atoms with Crippen LogP contribution in [0.25, 0.3) is 43.4 Å². The summed E-state index contributed by atoms with van der Waals surface area (Å²) in [5.41, 5.74) is 3.73. The van der Waals surface area contributed by atoms with Gasteiger partial charge in [-0.15, -0.1) is 0 Å². The van der Waals surface area contributed by atoms with Crippen molar-refractivity contribution in [2.45, 2.75) is 0 Å². The molecule has 5 aromatic rings. The molecular weight excluding hydrogens is 364 g/mol. The van der Waals surface area contributed by atoms with E-state index in [1.807, 2.05) is 12.3 Å². The van der Waals surface area contributed by atoms with Crippen molar-refractivity contribution in [3.8, 4) is 11.1 Å². The minimum Gasteiger partial charge on any atom is -0.347 e. The van der Waals surface area contributed by atoms with Gasteiger partial charge in [-0.25, -0.2) is 0 Å². The van der Waals surface area contributed by atoms with E-state index in [0.29, 0.717) is 6.54 Å². The third kappa shape index (κ3) is 2.54. The summed E-state index contributed by atoms with van der Waals surface area (Å²) in [6.07, 6.45) is 4.03. The van der Waals surface area contributed by atoms with E-state index >= 15 is 0 Å². The molecule has 0 bridgehead atoms. The molecule has 2 nitrogen and oxygen atoms in total. The van der Waals surface area contributed by atoms with E-state index in [2.05, 4.69) is 96.3 Å². The van der Waals surface area contributed by atoms with Crippen molar-refractivity contribution in [3.63, 3.8) is 0 Å². The molecule has 142 valence electrons. The average Bonchev–Trinajstić information content (AvgIpc) is 2.83. The van der Waals surface area contributed by atoms with E-state index in [4.69, 9.17) is 4.99 Å². The van der Waals surface area contributed by atoms with E-state index in [1.54, 1.807) is 0 Å². The smallest absolute Gasteiger partial charge is 0.133 e. The van der Waals surface area contributed by atoms with Crippen LogP contribution in [0.2, 0.25) is 0 Å². The van der Waals surface area contributed by atoms with Crippen LogP contribution >= 0.6 is 0 Å². The fourth-order valence-electron chi connectivity index (χ4n) is 4.65. The second kappa shape index (κ2) is 6.85. The van der Waals surface area contributed by atoms with Crippen molar-refractivity contribution in [2.75, 3.05) is 6.54 Å². The van der Waals surface area contributed by atoms with Crippen LogP contribution in [0.5, 0.6) is 0 Å². The van der Waals surface area contributed by atoms with Gasteiger partial charge in [0.25, 0.3) is 0 Å². The second-order valence-corrected chi connectivity index (χ2v) is 7.60. The largest absolute Gasteiger partial charge is 0.347 e. The van der Waals surface area contributed by atoms with Crippen LogP contribution in [-0.4, -0.2) is 12.4 Å². The maximum Gasteiger partial charge on any atom is 0.133 e. The van der Waals surface area contributed by atoms with Gasteiger partial charge in [-0.05, 0) is 49.5 Å². The minimum absolute atomic E-state index is 0.704. The first kappa shape index (κ1) is 17.0. The highest BCUT2D eigenvalue weighted by Crippen LogP contribution is 2.41. The van der Waals surface area contributed by atoms with Crippen molar-refractivity contribution in [1.82, 2.24) is 5.32 Å². The molecule has 6 rings (SSSR count). The first-order chi connectivity index (χ1) is 14.9. The summed E-state index contributed by atoms with van der Waals surface area (Å²) in [6, 6.07) is 32.6. The number of fused-ring (bicyclic) bond motifs is 3. The summed E-state index contributed by atoms with van der Waals surface area (Å²) in [7, 11) is 0. The number of nitrogens with one attached hydrogen (secondary N) is 1. The molecule has 30 heavy (non-hydrogen) atoms. The lowest BCUT2D eigenvalue weighted by molar-refractivity contribution is 1.10. The Kier molecular flexibility index (Phi) is 3.88. The molecule has 0 unspecified atom stereocenters. The molecule has 0 fully saturated rings. The topological polar surface area (TPSA) is 24.4 Å². The first-order valence-electron chi connectivity index (χ1n) is 10.3. The molecule has 5 aromatic carbocycles. The minimum atomic E-state index is 0.704. The molecule has 0 spiro atoms. The van der Waals surface area contributed by atoms with Gasteiger partial charge in [-0.2, -0.15) is 0 Å². The molecule has 0 aliphatic carbocycles. The lowest BCUT2D eigenvalue weighted by Gasteiger charge is -2.20. The van der Waals surface area contributed by atoms with Gasteiger partial charge in [0.1, 0.15) is 5.84 Å². The third-order valence-electron chi connectivity index (χ3n) is 5.92. The maximum atomic E-state index is 4.77. The Morgan fingerprint density at radius 3 is 1.77 bits per heavy atom. The molecule has 0 saturated carbocycles. The monoisotopic (exact) mass is 384 g/mol. The Hall–Kier alpha value is -3.91. The Morgan fingerprint density at radius 2 is 1.13 bits per heavy atom. The fourth-order valence-corrected chi connectivity index (χ4v) is 4.65. The van der Waals surface area contributed by atoms with E-state index in [0.717, 1.165) is 5.84 Å². The predicted octanol–water partition coefficient (Wildman–Crippen LogP) is 6.68. The molecule has 0 radical (unpaired) electrons. The zero-order valence-electron chi connectivity index (χ0n) is 16.5. The van der Waals surface area contributed by atoms with Crippen LogP contribution in [0.15, 0.2) is 108 Å². The van der Waals surface area contributed by atoms with Crippen LogP contribution in [0.1, 0.15) is 5.56 Å². The van der Waals surface area contributed by atoms with E-state index in [-0.39, 0.29) is 0 Å². The normalized spacial score (nSPS) is 13.5. The Labute approximate surface area is 175 Å². The summed E-state index contributed by atoms with van der Waals surface area (Å²) < 4.78 is 0. The van der Waals surface area contributed by atoms with Crippen LogP contribution in [0.3, 0.4) is 0 Å². The van der Waals surface area contributed by atoms with E-state index in [9.17, 15) is 0 Å². The number of hydrogen-bond donors (Lipinski definition) is 1. The van der Waals surface area contributed by atoms with E-state index in [1.165, 1.54) is 49.0 Å². The first-order valence-corrected chi connectivity index (χ1v) is 10.3. The maximum absolute atomic E-state index is 4.77. The SMILES string of the molecule is C1=CNC(c2c3ccccc3c(-c3cccc4ccccc34)c3ccccc23)=NC1. The molecule has 1 N–H and O–H groups in total. The second-order valence-electron chi connectivity index (χ2n) is 7.60. The van der Waals surface area contributed by atoms with Gasteiger partial charge in [-0.3, -0.25) is 4.99 Å². The molecule has 1 heterocycles. The van der Waals surface area contributed by atoms with Crippen LogP contribution in [0, 0.1) is 0 Å².